The van der Waals surface area contributed by atoms with Crippen molar-refractivity contribution < 1.29 is 73.2 Å². The van der Waals surface area contributed by atoms with Gasteiger partial charge in [0.25, 0.3) is 10.0 Å². The average Bonchev–Trinajstić information content (AvgIpc) is 3.59. The van der Waals surface area contributed by atoms with Gasteiger partial charge in [0.15, 0.2) is 17.5 Å². The van der Waals surface area contributed by atoms with Crippen LogP contribution in [-0.4, -0.2) is 98.6 Å². The van der Waals surface area contributed by atoms with E-state index in [2.05, 4.69) is 25.0 Å². The van der Waals surface area contributed by atoms with Crippen LogP contribution in [-0.2, 0) is 36.9 Å². The highest BCUT2D eigenvalue weighted by molar-refractivity contribution is 7.90. The SMILES string of the molecule is CCOC(=O)C(Cl)Cc1cc(-n2nc(C)n(C(F)F)c2=O)c(F)cc1Cl.COc1cc(OC)nc(NC(=O)NS(=O)(=O)c2ncccc2C(F)(F)F)n1.O=C(O)COc1ccc(Cl)c2cccnc12. The summed E-state index contributed by atoms with van der Waals surface area (Å²) in [5.41, 5.74) is -2.32. The first kappa shape index (κ1) is 54.6. The number of nitrogens with zero attached hydrogens (tertiary/aromatic N) is 7. The molecule has 0 bridgehead atoms. The Morgan fingerprint density at radius 1 is 0.942 bits per heavy atom. The van der Waals surface area contributed by atoms with E-state index >= 15 is 0 Å². The van der Waals surface area contributed by atoms with Gasteiger partial charge >= 0.3 is 36.4 Å². The van der Waals surface area contributed by atoms with Crippen molar-refractivity contribution >= 4 is 79.6 Å². The predicted octanol–water partition coefficient (Wildman–Crippen LogP) is 7.01. The maximum atomic E-state index is 14.2. The van der Waals surface area contributed by atoms with Crippen LogP contribution in [0.25, 0.3) is 16.6 Å². The average molecular weight is 1060 g/mol. The zero-order valence-electron chi connectivity index (χ0n) is 35.6. The fourth-order valence-electron chi connectivity index (χ4n) is 5.42. The summed E-state index contributed by atoms with van der Waals surface area (Å²) in [6.45, 7) is -0.591. The van der Waals surface area contributed by atoms with Gasteiger partial charge in [-0.3, -0.25) is 15.1 Å². The third kappa shape index (κ3) is 14.5. The van der Waals surface area contributed by atoms with E-state index < -0.39 is 80.7 Å². The molecule has 30 heteroatoms. The number of carbonyl (C=O) groups is 3. The first-order chi connectivity index (χ1) is 32.4. The molecule has 0 fully saturated rings. The molecule has 4 aromatic heterocycles. The molecule has 0 spiro atoms. The second kappa shape index (κ2) is 23.8. The van der Waals surface area contributed by atoms with Crippen molar-refractivity contribution in [2.24, 2.45) is 0 Å². The summed E-state index contributed by atoms with van der Waals surface area (Å²) in [6.07, 6.45) is -2.65. The molecular weight excluding hydrogens is 1020 g/mol. The number of aryl methyl sites for hydroxylation is 1. The van der Waals surface area contributed by atoms with Crippen LogP contribution in [0.4, 0.5) is 37.1 Å². The van der Waals surface area contributed by atoms with E-state index in [1.54, 1.807) is 37.4 Å². The van der Waals surface area contributed by atoms with E-state index in [9.17, 15) is 53.9 Å². The summed E-state index contributed by atoms with van der Waals surface area (Å²) in [7, 11) is -2.39. The van der Waals surface area contributed by atoms with Crippen molar-refractivity contribution in [1.82, 2.24) is 39.0 Å². The number of urea groups is 1. The minimum absolute atomic E-state index is 0.0101. The van der Waals surface area contributed by atoms with Gasteiger partial charge in [-0.15, -0.1) is 16.7 Å². The zero-order valence-corrected chi connectivity index (χ0v) is 38.7. The van der Waals surface area contributed by atoms with Gasteiger partial charge < -0.3 is 24.1 Å². The number of aliphatic carboxylic acids is 1. The monoisotopic (exact) mass is 1060 g/mol. The molecule has 2 aromatic carbocycles. The Bertz CT molecular complexity index is 2980. The second-order valence-electron chi connectivity index (χ2n) is 13.0. The lowest BCUT2D eigenvalue weighted by molar-refractivity contribution is -0.143. The number of halogens is 9. The van der Waals surface area contributed by atoms with Gasteiger partial charge in [-0.25, -0.2) is 33.0 Å². The molecule has 4 heterocycles. The smallest absolute Gasteiger partial charge is 0.419 e. The third-order valence-electron chi connectivity index (χ3n) is 8.37. The van der Waals surface area contributed by atoms with Crippen LogP contribution in [0.5, 0.6) is 17.5 Å². The van der Waals surface area contributed by atoms with Crippen molar-refractivity contribution in [1.29, 1.82) is 0 Å². The molecule has 6 rings (SSSR count). The molecule has 0 aliphatic heterocycles. The van der Waals surface area contributed by atoms with Gasteiger partial charge in [-0.05, 0) is 67.9 Å². The molecule has 0 aliphatic carbocycles. The summed E-state index contributed by atoms with van der Waals surface area (Å²) < 4.78 is 125. The third-order valence-corrected chi connectivity index (χ3v) is 10.7. The lowest BCUT2D eigenvalue weighted by Gasteiger charge is -2.13. The molecule has 1 atom stereocenters. The topological polar surface area (TPSA) is 258 Å². The van der Waals surface area contributed by atoms with Crippen molar-refractivity contribution in [3.63, 3.8) is 0 Å². The number of alkyl halides is 6. The Kier molecular flexibility index (Phi) is 18.9. The van der Waals surface area contributed by atoms with Gasteiger partial charge in [-0.1, -0.05) is 23.2 Å². The summed E-state index contributed by atoms with van der Waals surface area (Å²) in [4.78, 5) is 60.8. The highest BCUT2D eigenvalue weighted by Crippen LogP contribution is 2.33. The number of pyridine rings is 2. The minimum atomic E-state index is -4.99. The van der Waals surface area contributed by atoms with Crippen molar-refractivity contribution in [3.8, 4) is 23.2 Å². The quantitative estimate of drug-likeness (QED) is 0.0563. The number of rotatable bonds is 14. The van der Waals surface area contributed by atoms with Gasteiger partial charge in [-0.2, -0.15) is 45.0 Å². The Labute approximate surface area is 400 Å². The molecule has 69 heavy (non-hydrogen) atoms. The van der Waals surface area contributed by atoms with Crippen molar-refractivity contribution in [2.75, 3.05) is 32.8 Å². The number of anilines is 1. The molecule has 2 amide bonds. The Balaban J connectivity index is 0.000000233. The molecule has 20 nitrogen and oxygen atoms in total. The van der Waals surface area contributed by atoms with E-state index in [-0.39, 0.29) is 51.5 Å². The second-order valence-corrected chi connectivity index (χ2v) is 16.0. The van der Waals surface area contributed by atoms with E-state index in [0.29, 0.717) is 27.0 Å². The number of carbonyl (C=O) groups excluding carboxylic acids is 2. The number of aromatic nitrogens is 7. The van der Waals surface area contributed by atoms with Crippen LogP contribution in [0.15, 0.2) is 76.8 Å². The van der Waals surface area contributed by atoms with Gasteiger partial charge in [0.1, 0.15) is 28.2 Å². The number of carboxylic acids is 1. The van der Waals surface area contributed by atoms with Crippen molar-refractivity contribution in [3.05, 3.63) is 110 Å². The lowest BCUT2D eigenvalue weighted by atomic mass is 10.1. The van der Waals surface area contributed by atoms with Crippen LogP contribution < -0.4 is 29.9 Å². The highest BCUT2D eigenvalue weighted by Gasteiger charge is 2.39. The standard InChI is InChI=1S/C15H14Cl2F3N3O3.C13H12F3N5O5S.C11H8ClNO3/c1-3-26-13(24)10(17)4-8-5-12(11(18)6-9(8)16)23-15(25)22(14(19)20)7(2)21-23;1-25-8-6-9(26-2)19-11(18-8)20-12(22)21-27(23,24)10-7(13(14,15)16)4-3-5-17-10;12-8-3-4-9(16-6-10(14)15)11-7(8)2-1-5-13-11/h5-6,10,14H,3-4H2,1-2H3;3-6H,1-2H3,(H2,18,19,20,21,22);1-5H,6H2,(H,14,15). The summed E-state index contributed by atoms with van der Waals surface area (Å²) in [6, 6.07) is 10.2. The van der Waals surface area contributed by atoms with Gasteiger partial charge in [0, 0.05) is 29.2 Å². The summed E-state index contributed by atoms with van der Waals surface area (Å²) in [5.74, 6) is -2.96. The molecule has 0 saturated carbocycles. The van der Waals surface area contributed by atoms with Crippen molar-refractivity contribution in [2.45, 2.75) is 43.4 Å². The number of benzene rings is 2. The highest BCUT2D eigenvalue weighted by atomic mass is 35.5. The van der Waals surface area contributed by atoms with Gasteiger partial charge in [0.2, 0.25) is 17.7 Å². The van der Waals surface area contributed by atoms with E-state index in [1.807, 2.05) is 5.32 Å². The fraction of sp³-hybridized carbons (Fsp3) is 0.256. The lowest BCUT2D eigenvalue weighted by Crippen LogP contribution is -2.36. The van der Waals surface area contributed by atoms with E-state index in [4.69, 9.17) is 58.9 Å². The maximum absolute atomic E-state index is 14.2. The minimum Gasteiger partial charge on any atom is -0.481 e. The van der Waals surface area contributed by atoms with E-state index in [1.165, 1.54) is 31.9 Å². The Morgan fingerprint density at radius 2 is 1.58 bits per heavy atom. The largest absolute Gasteiger partial charge is 0.481 e. The summed E-state index contributed by atoms with van der Waals surface area (Å²) in [5, 5.41) is 13.0. The Hall–Kier alpha value is -6.97. The molecule has 6 aromatic rings. The van der Waals surface area contributed by atoms with Crippen LogP contribution in [0.1, 0.15) is 30.4 Å². The number of sulfonamides is 1. The number of methoxy groups -OCH3 is 2. The molecular formula is C39H34Cl3F6N9O11S. The number of fused-ring (bicyclic) bond motifs is 1. The number of esters is 1. The molecule has 0 aliphatic rings. The van der Waals surface area contributed by atoms with E-state index in [0.717, 1.165) is 29.8 Å². The number of hydrogen-bond donors (Lipinski definition) is 3. The number of ether oxygens (including phenoxy) is 4. The number of nitrogens with one attached hydrogen (secondary N) is 2. The molecule has 3 N–H and O–H groups in total. The first-order valence-electron chi connectivity index (χ1n) is 18.9. The van der Waals surface area contributed by atoms with Crippen LogP contribution >= 0.6 is 34.8 Å². The number of hydrogen-bond acceptors (Lipinski definition) is 15. The van der Waals surface area contributed by atoms with Crippen LogP contribution in [0.3, 0.4) is 0 Å². The zero-order chi connectivity index (χ0) is 51.4. The molecule has 0 saturated heterocycles. The fourth-order valence-corrected chi connectivity index (χ4v) is 7.16. The normalized spacial score (nSPS) is 11.6. The van der Waals surface area contributed by atoms with Crippen LogP contribution in [0, 0.1) is 12.7 Å². The number of carboxylic acid groups (broad SMARTS) is 1. The molecule has 0 radical (unpaired) electrons. The Morgan fingerprint density at radius 3 is 2.16 bits per heavy atom. The summed E-state index contributed by atoms with van der Waals surface area (Å²) >= 11 is 17.9. The molecule has 370 valence electrons. The van der Waals surface area contributed by atoms with Crippen LogP contribution in [0.2, 0.25) is 10.0 Å². The molecule has 1 unspecified atom stereocenters. The van der Waals surface area contributed by atoms with Gasteiger partial charge in [0.05, 0.1) is 37.5 Å². The number of amides is 2. The maximum Gasteiger partial charge on any atom is 0.419 e. The predicted molar refractivity (Wildman–Crippen MR) is 232 cm³/mol. The first-order valence-corrected chi connectivity index (χ1v) is 21.6.